The minimum absolute atomic E-state index is 0.120. The van der Waals surface area contributed by atoms with Crippen molar-refractivity contribution < 1.29 is 9.90 Å². The number of carboxylic acids is 1. The second kappa shape index (κ2) is 4.98. The monoisotopic (exact) mass is 228 g/mol. The first kappa shape index (κ1) is 11.8. The van der Waals surface area contributed by atoms with Crippen LogP contribution in [0.15, 0.2) is 12.1 Å². The number of carbonyl (C=O) groups is 1. The van der Waals surface area contributed by atoms with E-state index in [9.17, 15) is 4.79 Å². The number of nitrogens with one attached hydrogen (secondary N) is 1. The molecule has 0 radical (unpaired) electrons. The van der Waals surface area contributed by atoms with Crippen LogP contribution in [-0.4, -0.2) is 22.1 Å². The predicted molar refractivity (Wildman–Crippen MR) is 59.6 cm³/mol. The van der Waals surface area contributed by atoms with Gasteiger partial charge in [-0.3, -0.25) is 0 Å². The highest BCUT2D eigenvalue weighted by atomic mass is 35.5. The number of hydrogen-bond donors (Lipinski definition) is 2. The van der Waals surface area contributed by atoms with Gasteiger partial charge in [0, 0.05) is 6.04 Å². The van der Waals surface area contributed by atoms with Crippen molar-refractivity contribution >= 4 is 23.4 Å². The molecule has 0 aromatic carbocycles. The van der Waals surface area contributed by atoms with Crippen LogP contribution >= 0.6 is 11.6 Å². The number of nitrogens with zero attached hydrogens (tertiary/aromatic N) is 1. The second-order valence-corrected chi connectivity index (χ2v) is 3.69. The van der Waals surface area contributed by atoms with Crippen molar-refractivity contribution in [3.05, 3.63) is 22.8 Å². The highest BCUT2D eigenvalue weighted by Gasteiger charge is 2.11. The lowest BCUT2D eigenvalue weighted by Crippen LogP contribution is -2.15. The molecule has 1 aromatic rings. The van der Waals surface area contributed by atoms with E-state index in [1.807, 2.05) is 13.8 Å². The van der Waals surface area contributed by atoms with Gasteiger partial charge in [0.15, 0.2) is 5.69 Å². The molecule has 0 saturated carbocycles. The molecule has 0 aliphatic rings. The average Bonchev–Trinajstić information content (AvgIpc) is 2.20. The molecule has 4 nitrogen and oxygen atoms in total. The fraction of sp³-hybridized carbons (Fsp3) is 0.400. The highest BCUT2D eigenvalue weighted by molar-refractivity contribution is 6.33. The van der Waals surface area contributed by atoms with E-state index in [0.29, 0.717) is 5.82 Å². The smallest absolute Gasteiger partial charge is 0.356 e. The molecule has 0 aliphatic heterocycles. The van der Waals surface area contributed by atoms with Gasteiger partial charge in [0.25, 0.3) is 0 Å². The molecule has 0 aliphatic carbocycles. The van der Waals surface area contributed by atoms with E-state index in [0.717, 1.165) is 6.42 Å². The standard InChI is InChI=1S/C10H13ClN2O2/c1-3-6(2)12-8-5-4-7(11)9(13-8)10(14)15/h4-6H,3H2,1-2H3,(H,12,13)(H,14,15). The molecule has 0 bridgehead atoms. The summed E-state index contributed by atoms with van der Waals surface area (Å²) in [5.41, 5.74) is -0.120. The third-order valence-electron chi connectivity index (χ3n) is 2.06. The first-order valence-electron chi connectivity index (χ1n) is 4.71. The van der Waals surface area contributed by atoms with Gasteiger partial charge in [-0.1, -0.05) is 18.5 Å². The SMILES string of the molecule is CCC(C)Nc1ccc(Cl)c(C(=O)O)n1. The summed E-state index contributed by atoms with van der Waals surface area (Å²) in [5.74, 6) is -0.584. The summed E-state index contributed by atoms with van der Waals surface area (Å²) >= 11 is 5.69. The molecule has 0 saturated heterocycles. The van der Waals surface area contributed by atoms with Gasteiger partial charge in [-0.15, -0.1) is 0 Å². The number of hydrogen-bond acceptors (Lipinski definition) is 3. The Hall–Kier alpha value is -1.29. The molecule has 1 unspecified atom stereocenters. The number of aromatic carboxylic acids is 1. The molecular formula is C10H13ClN2O2. The van der Waals surface area contributed by atoms with Gasteiger partial charge in [0.05, 0.1) is 5.02 Å². The minimum Gasteiger partial charge on any atom is -0.476 e. The van der Waals surface area contributed by atoms with Crippen LogP contribution in [0.4, 0.5) is 5.82 Å². The predicted octanol–water partition coefficient (Wildman–Crippen LogP) is 2.64. The third-order valence-corrected chi connectivity index (χ3v) is 2.36. The summed E-state index contributed by atoms with van der Waals surface area (Å²) in [5, 5.41) is 12.0. The van der Waals surface area contributed by atoms with Gasteiger partial charge in [0.1, 0.15) is 5.82 Å². The molecule has 1 atom stereocenters. The maximum Gasteiger partial charge on any atom is 0.356 e. The molecule has 0 amide bonds. The average molecular weight is 229 g/mol. The van der Waals surface area contributed by atoms with Crippen molar-refractivity contribution in [3.63, 3.8) is 0 Å². The zero-order valence-corrected chi connectivity index (χ0v) is 9.38. The van der Waals surface area contributed by atoms with E-state index in [1.165, 1.54) is 6.07 Å². The maximum absolute atomic E-state index is 10.8. The molecule has 0 fully saturated rings. The van der Waals surface area contributed by atoms with Crippen molar-refractivity contribution in [2.24, 2.45) is 0 Å². The number of rotatable bonds is 4. The summed E-state index contributed by atoms with van der Waals surface area (Å²) in [7, 11) is 0. The second-order valence-electron chi connectivity index (χ2n) is 3.29. The molecule has 15 heavy (non-hydrogen) atoms. The van der Waals surface area contributed by atoms with E-state index in [2.05, 4.69) is 10.3 Å². The van der Waals surface area contributed by atoms with Crippen molar-refractivity contribution in [2.75, 3.05) is 5.32 Å². The van der Waals surface area contributed by atoms with E-state index in [4.69, 9.17) is 16.7 Å². The van der Waals surface area contributed by atoms with Gasteiger partial charge in [0.2, 0.25) is 0 Å². The Morgan fingerprint density at radius 1 is 1.67 bits per heavy atom. The molecule has 1 rings (SSSR count). The lowest BCUT2D eigenvalue weighted by atomic mass is 10.2. The van der Waals surface area contributed by atoms with E-state index >= 15 is 0 Å². The Morgan fingerprint density at radius 3 is 2.87 bits per heavy atom. The summed E-state index contributed by atoms with van der Waals surface area (Å²) in [6.45, 7) is 4.03. The maximum atomic E-state index is 10.8. The zero-order chi connectivity index (χ0) is 11.4. The summed E-state index contributed by atoms with van der Waals surface area (Å²) in [6, 6.07) is 3.45. The molecule has 2 N–H and O–H groups in total. The van der Waals surface area contributed by atoms with Crippen LogP contribution in [0, 0.1) is 0 Å². The van der Waals surface area contributed by atoms with Crippen LogP contribution < -0.4 is 5.32 Å². The third kappa shape index (κ3) is 3.09. The van der Waals surface area contributed by atoms with Gasteiger partial charge in [-0.2, -0.15) is 0 Å². The number of anilines is 1. The Kier molecular flexibility index (Phi) is 3.91. The van der Waals surface area contributed by atoms with Crippen molar-refractivity contribution in [1.82, 2.24) is 4.98 Å². The molecule has 0 spiro atoms. The molecule has 1 aromatic heterocycles. The quantitative estimate of drug-likeness (QED) is 0.832. The first-order chi connectivity index (χ1) is 7.04. The fourth-order valence-corrected chi connectivity index (χ4v) is 1.21. The van der Waals surface area contributed by atoms with Gasteiger partial charge in [-0.25, -0.2) is 9.78 Å². The highest BCUT2D eigenvalue weighted by Crippen LogP contribution is 2.17. The Bertz CT molecular complexity index is 368. The first-order valence-corrected chi connectivity index (χ1v) is 5.08. The van der Waals surface area contributed by atoms with E-state index in [-0.39, 0.29) is 16.8 Å². The largest absolute Gasteiger partial charge is 0.476 e. The number of carboxylic acid groups (broad SMARTS) is 1. The van der Waals surface area contributed by atoms with Crippen LogP contribution in [-0.2, 0) is 0 Å². The summed E-state index contributed by atoms with van der Waals surface area (Å²) < 4.78 is 0. The van der Waals surface area contributed by atoms with Crippen LogP contribution in [0.3, 0.4) is 0 Å². The summed E-state index contributed by atoms with van der Waals surface area (Å²) in [4.78, 5) is 14.7. The van der Waals surface area contributed by atoms with Crippen molar-refractivity contribution in [1.29, 1.82) is 0 Å². The summed E-state index contributed by atoms with van der Waals surface area (Å²) in [6.07, 6.45) is 0.937. The van der Waals surface area contributed by atoms with Crippen molar-refractivity contribution in [3.8, 4) is 0 Å². The van der Waals surface area contributed by atoms with Crippen LogP contribution in [0.25, 0.3) is 0 Å². The van der Waals surface area contributed by atoms with Crippen LogP contribution in [0.2, 0.25) is 5.02 Å². The Balaban J connectivity index is 2.92. The van der Waals surface area contributed by atoms with Gasteiger partial charge < -0.3 is 10.4 Å². The van der Waals surface area contributed by atoms with Gasteiger partial charge in [-0.05, 0) is 25.5 Å². The fourth-order valence-electron chi connectivity index (χ4n) is 1.03. The normalized spacial score (nSPS) is 12.2. The van der Waals surface area contributed by atoms with E-state index in [1.54, 1.807) is 6.07 Å². The molecule has 5 heteroatoms. The lowest BCUT2D eigenvalue weighted by molar-refractivity contribution is 0.0691. The van der Waals surface area contributed by atoms with Gasteiger partial charge >= 0.3 is 5.97 Å². The van der Waals surface area contributed by atoms with Crippen molar-refractivity contribution in [2.45, 2.75) is 26.3 Å². The molecular weight excluding hydrogens is 216 g/mol. The Labute approximate surface area is 93.3 Å². The minimum atomic E-state index is -1.12. The van der Waals surface area contributed by atoms with E-state index < -0.39 is 5.97 Å². The zero-order valence-electron chi connectivity index (χ0n) is 8.62. The lowest BCUT2D eigenvalue weighted by Gasteiger charge is -2.12. The van der Waals surface area contributed by atoms with Crippen LogP contribution in [0.5, 0.6) is 0 Å². The number of aromatic nitrogens is 1. The topological polar surface area (TPSA) is 62.2 Å². The van der Waals surface area contributed by atoms with Crippen LogP contribution in [0.1, 0.15) is 30.8 Å². The number of pyridine rings is 1. The molecule has 1 heterocycles. The molecule has 82 valence electrons. The Morgan fingerprint density at radius 2 is 2.33 bits per heavy atom. The number of halogens is 1.